The first kappa shape index (κ1) is 33.1. The molecule has 0 aliphatic heterocycles. The van der Waals surface area contributed by atoms with E-state index in [-0.39, 0.29) is 26.4 Å². The largest absolute Gasteiger partial charge is 0.388 e. The Balaban J connectivity index is 1.62. The number of ether oxygens (including phenoxy) is 4. The van der Waals surface area contributed by atoms with Gasteiger partial charge in [-0.05, 0) is 22.3 Å². The minimum Gasteiger partial charge on any atom is -0.388 e. The molecular weight excluding hydrogens is 587 g/mol. The molecule has 0 fully saturated rings. The topological polar surface area (TPSA) is 77.4 Å². The van der Waals surface area contributed by atoms with Gasteiger partial charge in [0.1, 0.15) is 35.4 Å². The molecule has 0 spiro atoms. The first-order chi connectivity index (χ1) is 21.0. The standard InChI is InChI=1S/C35H38Cl2O6/c36-35(37)31(39)33(42-23-28-17-9-3-10-18-28)34(43-24-29-19-11-4-12-20-29)32(41-22-27-15-7-2-8-16-27)30(38)25-40-21-26-13-5-1-6-14-26/h1-20,30-35,38-39H,21-25H2. The maximum absolute atomic E-state index is 11.6. The van der Waals surface area contributed by atoms with E-state index < -0.39 is 35.4 Å². The van der Waals surface area contributed by atoms with Gasteiger partial charge in [0.2, 0.25) is 0 Å². The molecule has 43 heavy (non-hydrogen) atoms. The summed E-state index contributed by atoms with van der Waals surface area (Å²) in [6.07, 6.45) is -5.53. The zero-order valence-electron chi connectivity index (χ0n) is 23.8. The number of benzene rings is 4. The third-order valence-electron chi connectivity index (χ3n) is 6.88. The zero-order valence-corrected chi connectivity index (χ0v) is 25.3. The van der Waals surface area contributed by atoms with Crippen molar-refractivity contribution in [2.75, 3.05) is 6.61 Å². The molecule has 0 heterocycles. The Bertz CT molecular complexity index is 1280. The lowest BCUT2D eigenvalue weighted by atomic mass is 9.98. The van der Waals surface area contributed by atoms with Crippen molar-refractivity contribution in [2.24, 2.45) is 0 Å². The van der Waals surface area contributed by atoms with Gasteiger partial charge in [-0.3, -0.25) is 0 Å². The van der Waals surface area contributed by atoms with Crippen LogP contribution < -0.4 is 0 Å². The van der Waals surface area contributed by atoms with E-state index in [4.69, 9.17) is 42.1 Å². The van der Waals surface area contributed by atoms with E-state index >= 15 is 0 Å². The Labute approximate surface area is 263 Å². The second-order valence-corrected chi connectivity index (χ2v) is 11.3. The molecule has 5 atom stereocenters. The van der Waals surface area contributed by atoms with Crippen LogP contribution in [0.2, 0.25) is 0 Å². The van der Waals surface area contributed by atoms with Crippen LogP contribution in [0.3, 0.4) is 0 Å². The van der Waals surface area contributed by atoms with Gasteiger partial charge in [0.25, 0.3) is 0 Å². The predicted molar refractivity (Wildman–Crippen MR) is 169 cm³/mol. The average Bonchev–Trinajstić information content (AvgIpc) is 3.05. The van der Waals surface area contributed by atoms with Gasteiger partial charge in [-0.1, -0.05) is 121 Å². The van der Waals surface area contributed by atoms with Crippen molar-refractivity contribution < 1.29 is 29.2 Å². The summed E-state index contributed by atoms with van der Waals surface area (Å²) in [6.45, 7) is 0.758. The van der Waals surface area contributed by atoms with Crippen LogP contribution in [0.1, 0.15) is 22.3 Å². The molecule has 228 valence electrons. The SMILES string of the molecule is OC(COCc1ccccc1)C(OCc1ccccc1)C(OCc1ccccc1)C(OCc1ccccc1)C(O)C(Cl)Cl. The Morgan fingerprint density at radius 1 is 0.465 bits per heavy atom. The molecule has 6 nitrogen and oxygen atoms in total. The van der Waals surface area contributed by atoms with E-state index in [2.05, 4.69) is 0 Å². The van der Waals surface area contributed by atoms with E-state index in [9.17, 15) is 10.2 Å². The summed E-state index contributed by atoms with van der Waals surface area (Å²) >= 11 is 12.5. The molecule has 0 bridgehead atoms. The van der Waals surface area contributed by atoms with Crippen LogP contribution in [0.4, 0.5) is 0 Å². The first-order valence-corrected chi connectivity index (χ1v) is 15.1. The van der Waals surface area contributed by atoms with Crippen LogP contribution in [0.5, 0.6) is 0 Å². The quantitative estimate of drug-likeness (QED) is 0.123. The molecule has 0 saturated carbocycles. The summed E-state index contributed by atoms with van der Waals surface area (Å²) < 4.78 is 25.0. The molecule has 4 aromatic rings. The summed E-state index contributed by atoms with van der Waals surface area (Å²) in [6, 6.07) is 38.4. The van der Waals surface area contributed by atoms with Gasteiger partial charge >= 0.3 is 0 Å². The second-order valence-electron chi connectivity index (χ2n) is 10.2. The lowest BCUT2D eigenvalue weighted by molar-refractivity contribution is -0.204. The Morgan fingerprint density at radius 2 is 0.814 bits per heavy atom. The van der Waals surface area contributed by atoms with Crippen LogP contribution in [0.25, 0.3) is 0 Å². The molecule has 0 radical (unpaired) electrons. The molecule has 0 aliphatic rings. The van der Waals surface area contributed by atoms with Gasteiger partial charge in [-0.15, -0.1) is 23.2 Å². The number of rotatable bonds is 18. The third kappa shape index (κ3) is 11.0. The molecule has 0 aromatic heterocycles. The highest BCUT2D eigenvalue weighted by molar-refractivity contribution is 6.44. The van der Waals surface area contributed by atoms with Crippen molar-refractivity contribution in [2.45, 2.75) is 61.8 Å². The maximum atomic E-state index is 11.6. The van der Waals surface area contributed by atoms with Crippen molar-refractivity contribution in [3.8, 4) is 0 Å². The predicted octanol–water partition coefficient (Wildman–Crippen LogP) is 6.48. The molecule has 0 aliphatic carbocycles. The number of hydrogen-bond donors (Lipinski definition) is 2. The number of halogens is 2. The van der Waals surface area contributed by atoms with Gasteiger partial charge in [0, 0.05) is 0 Å². The van der Waals surface area contributed by atoms with Crippen molar-refractivity contribution in [3.63, 3.8) is 0 Å². The van der Waals surface area contributed by atoms with Crippen LogP contribution in [0, 0.1) is 0 Å². The van der Waals surface area contributed by atoms with E-state index in [0.29, 0.717) is 6.61 Å². The van der Waals surface area contributed by atoms with Gasteiger partial charge in [-0.25, -0.2) is 0 Å². The van der Waals surface area contributed by atoms with E-state index in [1.54, 1.807) is 0 Å². The van der Waals surface area contributed by atoms with Crippen LogP contribution >= 0.6 is 23.2 Å². The fourth-order valence-electron chi connectivity index (χ4n) is 4.60. The summed E-state index contributed by atoms with van der Waals surface area (Å²) in [7, 11) is 0. The zero-order chi connectivity index (χ0) is 30.3. The van der Waals surface area contributed by atoms with E-state index in [0.717, 1.165) is 22.3 Å². The maximum Gasteiger partial charge on any atom is 0.136 e. The lowest BCUT2D eigenvalue weighted by Crippen LogP contribution is -2.54. The number of aliphatic hydroxyl groups excluding tert-OH is 2. The average molecular weight is 626 g/mol. The molecule has 0 amide bonds. The lowest BCUT2D eigenvalue weighted by Gasteiger charge is -2.38. The highest BCUT2D eigenvalue weighted by Crippen LogP contribution is 2.26. The number of hydrogen-bond acceptors (Lipinski definition) is 6. The van der Waals surface area contributed by atoms with Gasteiger partial charge in [0.05, 0.1) is 33.0 Å². The third-order valence-corrected chi connectivity index (χ3v) is 7.39. The van der Waals surface area contributed by atoms with Gasteiger partial charge in [-0.2, -0.15) is 0 Å². The van der Waals surface area contributed by atoms with E-state index in [1.165, 1.54) is 0 Å². The molecular formula is C35H38Cl2O6. The summed E-state index contributed by atoms with van der Waals surface area (Å²) in [5, 5.41) is 22.8. The number of aliphatic hydroxyl groups is 2. The first-order valence-electron chi connectivity index (χ1n) is 14.2. The van der Waals surface area contributed by atoms with Crippen LogP contribution in [-0.4, -0.2) is 52.2 Å². The molecule has 0 saturated heterocycles. The Morgan fingerprint density at radius 3 is 1.21 bits per heavy atom. The van der Waals surface area contributed by atoms with E-state index in [1.807, 2.05) is 121 Å². The van der Waals surface area contributed by atoms with Crippen molar-refractivity contribution in [1.82, 2.24) is 0 Å². The normalized spacial score (nSPS) is 15.1. The second kappa shape index (κ2) is 18.1. The summed E-state index contributed by atoms with van der Waals surface area (Å²) in [5.41, 5.74) is 3.66. The monoisotopic (exact) mass is 624 g/mol. The highest BCUT2D eigenvalue weighted by Gasteiger charge is 2.42. The molecule has 4 aromatic carbocycles. The fourth-order valence-corrected chi connectivity index (χ4v) is 4.89. The minimum atomic E-state index is -1.35. The Hall–Kier alpha value is -2.78. The van der Waals surface area contributed by atoms with Crippen LogP contribution in [-0.2, 0) is 45.4 Å². The van der Waals surface area contributed by atoms with Crippen molar-refractivity contribution in [3.05, 3.63) is 144 Å². The summed E-state index contributed by atoms with van der Waals surface area (Å²) in [4.78, 5) is -1.19. The van der Waals surface area contributed by atoms with Crippen LogP contribution in [0.15, 0.2) is 121 Å². The molecule has 4 rings (SSSR count). The van der Waals surface area contributed by atoms with Gasteiger partial charge < -0.3 is 29.2 Å². The molecule has 8 heteroatoms. The van der Waals surface area contributed by atoms with Crippen molar-refractivity contribution in [1.29, 1.82) is 0 Å². The summed E-state index contributed by atoms with van der Waals surface area (Å²) in [5.74, 6) is 0. The Kier molecular flexibility index (Phi) is 14.0. The van der Waals surface area contributed by atoms with Gasteiger partial charge in [0.15, 0.2) is 0 Å². The minimum absolute atomic E-state index is 0.0494. The smallest absolute Gasteiger partial charge is 0.136 e. The highest BCUT2D eigenvalue weighted by atomic mass is 35.5. The van der Waals surface area contributed by atoms with Crippen molar-refractivity contribution >= 4 is 23.2 Å². The number of alkyl halides is 2. The fraction of sp³-hybridized carbons (Fsp3) is 0.314. The molecule has 2 N–H and O–H groups in total. The molecule has 5 unspecified atom stereocenters.